The first kappa shape index (κ1) is 10.4. The number of benzene rings is 1. The summed E-state index contributed by atoms with van der Waals surface area (Å²) < 4.78 is 12.8. The third-order valence-corrected chi connectivity index (χ3v) is 2.18. The second-order valence-corrected chi connectivity index (χ2v) is 3.34. The van der Waals surface area contributed by atoms with Gasteiger partial charge in [0, 0.05) is 5.02 Å². The van der Waals surface area contributed by atoms with Gasteiger partial charge in [-0.1, -0.05) is 11.6 Å². The Morgan fingerprint density at radius 1 is 1.54 bits per heavy atom. The van der Waals surface area contributed by atoms with Crippen molar-refractivity contribution in [2.24, 2.45) is 5.73 Å². The van der Waals surface area contributed by atoms with E-state index in [1.165, 1.54) is 25.1 Å². The summed E-state index contributed by atoms with van der Waals surface area (Å²) in [5.74, 6) is -0.407. The molecule has 0 aliphatic carbocycles. The van der Waals surface area contributed by atoms with Crippen molar-refractivity contribution < 1.29 is 9.50 Å². The summed E-state index contributed by atoms with van der Waals surface area (Å²) in [5.41, 5.74) is 6.03. The van der Waals surface area contributed by atoms with Crippen molar-refractivity contribution in [3.8, 4) is 0 Å². The van der Waals surface area contributed by atoms with E-state index in [1.807, 2.05) is 0 Å². The van der Waals surface area contributed by atoms with Gasteiger partial charge >= 0.3 is 0 Å². The molecule has 1 rings (SSSR count). The molecule has 0 saturated heterocycles. The molecule has 0 radical (unpaired) electrons. The molecule has 0 fully saturated rings. The molecule has 1 unspecified atom stereocenters. The number of aliphatic hydroxyl groups is 1. The molecule has 1 aromatic rings. The van der Waals surface area contributed by atoms with Crippen LogP contribution in [0.3, 0.4) is 0 Å². The second-order valence-electron chi connectivity index (χ2n) is 2.93. The lowest BCUT2D eigenvalue weighted by Gasteiger charge is -2.16. The standard InChI is InChI=1S/C9H11ClFNO/c1-5(13)9(12)7-4-6(11)2-3-8(7)10/h2-5,9,13H,12H2,1H3/t5?,9-/m0/s1. The number of aliphatic hydroxyl groups excluding tert-OH is 1. The van der Waals surface area contributed by atoms with Gasteiger partial charge in [0.1, 0.15) is 5.82 Å². The molecule has 2 nitrogen and oxygen atoms in total. The molecule has 72 valence electrons. The highest BCUT2D eigenvalue weighted by Crippen LogP contribution is 2.24. The molecule has 3 N–H and O–H groups in total. The van der Waals surface area contributed by atoms with E-state index in [-0.39, 0.29) is 0 Å². The number of hydrogen-bond donors (Lipinski definition) is 2. The van der Waals surface area contributed by atoms with Crippen LogP contribution in [0.2, 0.25) is 5.02 Å². The summed E-state index contributed by atoms with van der Waals surface area (Å²) in [6.07, 6.45) is -0.751. The SMILES string of the molecule is CC(O)[C@H](N)c1cc(F)ccc1Cl. The van der Waals surface area contributed by atoms with Crippen molar-refractivity contribution >= 4 is 11.6 Å². The van der Waals surface area contributed by atoms with Gasteiger partial charge in [-0.3, -0.25) is 0 Å². The van der Waals surface area contributed by atoms with Crippen molar-refractivity contribution in [2.75, 3.05) is 0 Å². The first-order valence-corrected chi connectivity index (χ1v) is 4.28. The Bertz CT molecular complexity index is 304. The average molecular weight is 204 g/mol. The maximum Gasteiger partial charge on any atom is 0.123 e. The predicted octanol–water partition coefficient (Wildman–Crippen LogP) is 1.86. The topological polar surface area (TPSA) is 46.2 Å². The van der Waals surface area contributed by atoms with E-state index in [9.17, 15) is 9.50 Å². The van der Waals surface area contributed by atoms with Crippen LogP contribution < -0.4 is 5.73 Å². The van der Waals surface area contributed by atoms with Crippen LogP contribution >= 0.6 is 11.6 Å². The van der Waals surface area contributed by atoms with E-state index in [2.05, 4.69) is 0 Å². The summed E-state index contributed by atoms with van der Waals surface area (Å²) in [6.45, 7) is 1.53. The lowest BCUT2D eigenvalue weighted by Crippen LogP contribution is -2.23. The summed E-state index contributed by atoms with van der Waals surface area (Å²) in [4.78, 5) is 0. The molecule has 1 aromatic carbocycles. The smallest absolute Gasteiger partial charge is 0.123 e. The van der Waals surface area contributed by atoms with Gasteiger partial charge in [0.25, 0.3) is 0 Å². The van der Waals surface area contributed by atoms with Crippen LogP contribution in [0.4, 0.5) is 4.39 Å². The molecule has 4 heteroatoms. The Hall–Kier alpha value is -0.640. The zero-order valence-corrected chi connectivity index (χ0v) is 7.92. The van der Waals surface area contributed by atoms with Gasteiger partial charge in [-0.15, -0.1) is 0 Å². The Labute approximate surface area is 81.1 Å². The molecule has 13 heavy (non-hydrogen) atoms. The molecule has 0 aromatic heterocycles. The average Bonchev–Trinajstić information content (AvgIpc) is 2.08. The van der Waals surface area contributed by atoms with Crippen LogP contribution in [0.5, 0.6) is 0 Å². The fourth-order valence-corrected chi connectivity index (χ4v) is 1.27. The van der Waals surface area contributed by atoms with Crippen molar-refractivity contribution in [1.29, 1.82) is 0 Å². The van der Waals surface area contributed by atoms with Crippen molar-refractivity contribution in [3.63, 3.8) is 0 Å². The normalized spacial score (nSPS) is 15.5. The molecule has 0 aliphatic rings. The van der Waals surface area contributed by atoms with Gasteiger partial charge in [0.05, 0.1) is 12.1 Å². The number of hydrogen-bond acceptors (Lipinski definition) is 2. The maximum atomic E-state index is 12.8. The third-order valence-electron chi connectivity index (χ3n) is 1.84. The Morgan fingerprint density at radius 2 is 2.15 bits per heavy atom. The fraction of sp³-hybridized carbons (Fsp3) is 0.333. The summed E-state index contributed by atoms with van der Waals surface area (Å²) in [7, 11) is 0. The minimum Gasteiger partial charge on any atom is -0.391 e. The Morgan fingerprint density at radius 3 is 2.69 bits per heavy atom. The van der Waals surface area contributed by atoms with Gasteiger partial charge in [-0.2, -0.15) is 0 Å². The van der Waals surface area contributed by atoms with Crippen molar-refractivity contribution in [1.82, 2.24) is 0 Å². The minimum atomic E-state index is -0.751. The molecule has 0 amide bonds. The highest BCUT2D eigenvalue weighted by Gasteiger charge is 2.15. The van der Waals surface area contributed by atoms with E-state index in [4.69, 9.17) is 17.3 Å². The van der Waals surface area contributed by atoms with Crippen LogP contribution in [-0.2, 0) is 0 Å². The molecule has 0 spiro atoms. The molecular weight excluding hydrogens is 193 g/mol. The van der Waals surface area contributed by atoms with Crippen LogP contribution in [0, 0.1) is 5.82 Å². The lowest BCUT2D eigenvalue weighted by atomic mass is 10.0. The van der Waals surface area contributed by atoms with Gasteiger partial charge in [0.15, 0.2) is 0 Å². The summed E-state index contributed by atoms with van der Waals surface area (Å²) in [5, 5.41) is 9.55. The number of rotatable bonds is 2. The molecule has 0 aliphatic heterocycles. The van der Waals surface area contributed by atoms with Crippen molar-refractivity contribution in [3.05, 3.63) is 34.6 Å². The molecule has 0 bridgehead atoms. The monoisotopic (exact) mass is 203 g/mol. The highest BCUT2D eigenvalue weighted by atomic mass is 35.5. The van der Waals surface area contributed by atoms with E-state index >= 15 is 0 Å². The van der Waals surface area contributed by atoms with E-state index in [1.54, 1.807) is 0 Å². The lowest BCUT2D eigenvalue weighted by molar-refractivity contribution is 0.164. The Kier molecular flexibility index (Phi) is 3.25. The van der Waals surface area contributed by atoms with Gasteiger partial charge in [0.2, 0.25) is 0 Å². The summed E-state index contributed by atoms with van der Waals surface area (Å²) in [6, 6.07) is 3.26. The minimum absolute atomic E-state index is 0.370. The summed E-state index contributed by atoms with van der Waals surface area (Å²) >= 11 is 5.78. The van der Waals surface area contributed by atoms with Crippen molar-refractivity contribution in [2.45, 2.75) is 19.1 Å². The van der Waals surface area contributed by atoms with Crippen LogP contribution in [0.25, 0.3) is 0 Å². The van der Waals surface area contributed by atoms with Crippen LogP contribution in [0.1, 0.15) is 18.5 Å². The predicted molar refractivity (Wildman–Crippen MR) is 50.0 cm³/mol. The maximum absolute atomic E-state index is 12.8. The molecule has 2 atom stereocenters. The number of nitrogens with two attached hydrogens (primary N) is 1. The first-order valence-electron chi connectivity index (χ1n) is 3.91. The second kappa shape index (κ2) is 4.05. The zero-order chi connectivity index (χ0) is 10.0. The van der Waals surface area contributed by atoms with Gasteiger partial charge in [-0.05, 0) is 30.7 Å². The van der Waals surface area contributed by atoms with Crippen LogP contribution in [0.15, 0.2) is 18.2 Å². The quantitative estimate of drug-likeness (QED) is 0.771. The van der Waals surface area contributed by atoms with Crippen LogP contribution in [-0.4, -0.2) is 11.2 Å². The molecular formula is C9H11ClFNO. The number of halogens is 2. The van der Waals surface area contributed by atoms with Gasteiger partial charge < -0.3 is 10.8 Å². The Balaban J connectivity index is 3.05. The molecule has 0 heterocycles. The third kappa shape index (κ3) is 2.40. The highest BCUT2D eigenvalue weighted by molar-refractivity contribution is 6.31. The van der Waals surface area contributed by atoms with Gasteiger partial charge in [-0.25, -0.2) is 4.39 Å². The molecule has 0 saturated carbocycles. The zero-order valence-electron chi connectivity index (χ0n) is 7.17. The largest absolute Gasteiger partial charge is 0.391 e. The first-order chi connectivity index (χ1) is 6.02. The van der Waals surface area contributed by atoms with E-state index in [0.717, 1.165) is 0 Å². The van der Waals surface area contributed by atoms with E-state index < -0.39 is 18.0 Å². The fourth-order valence-electron chi connectivity index (χ4n) is 1.03. The van der Waals surface area contributed by atoms with E-state index in [0.29, 0.717) is 10.6 Å².